The van der Waals surface area contributed by atoms with Gasteiger partial charge in [-0.15, -0.1) is 0 Å². The molecule has 2 rings (SSSR count). The van der Waals surface area contributed by atoms with Gasteiger partial charge in [0.1, 0.15) is 0 Å². The average molecular weight is 215 g/mol. The summed E-state index contributed by atoms with van der Waals surface area (Å²) in [6, 6.07) is 4.59. The molecule has 1 aromatic carbocycles. The molecule has 0 saturated carbocycles. The van der Waals surface area contributed by atoms with Crippen LogP contribution in [0.5, 0.6) is 0 Å². The normalized spacial score (nSPS) is 16.9. The lowest BCUT2D eigenvalue weighted by molar-refractivity contribution is 0.625. The van der Waals surface area contributed by atoms with E-state index >= 15 is 0 Å². The standard InChI is InChI=1S/C15H21N/c1-3-5-14-12(2)7-8-13-6-4-10-16-11-9-15(13)14/h3,5,7-8,16H,4,6,9-11H2,1-2H3/b5-3-. The molecule has 1 aliphatic rings. The Bertz CT molecular complexity index is 391. The maximum absolute atomic E-state index is 3.49. The summed E-state index contributed by atoms with van der Waals surface area (Å²) in [5.41, 5.74) is 5.96. The average Bonchev–Trinajstić information content (AvgIpc) is 2.24. The van der Waals surface area contributed by atoms with Gasteiger partial charge in [-0.05, 0) is 68.5 Å². The van der Waals surface area contributed by atoms with E-state index in [2.05, 4.69) is 43.4 Å². The zero-order valence-corrected chi connectivity index (χ0v) is 10.3. The maximum atomic E-state index is 3.49. The molecule has 0 bridgehead atoms. The summed E-state index contributed by atoms with van der Waals surface area (Å²) in [7, 11) is 0. The Hall–Kier alpha value is -1.08. The van der Waals surface area contributed by atoms with Crippen molar-refractivity contribution in [1.82, 2.24) is 5.32 Å². The monoisotopic (exact) mass is 215 g/mol. The molecule has 0 unspecified atom stereocenters. The fourth-order valence-electron chi connectivity index (χ4n) is 2.50. The Labute approximate surface area is 98.6 Å². The third-order valence-corrected chi connectivity index (χ3v) is 3.36. The second-order valence-corrected chi connectivity index (χ2v) is 4.54. The molecule has 0 aliphatic carbocycles. The van der Waals surface area contributed by atoms with Crippen LogP contribution in [0, 0.1) is 6.92 Å². The van der Waals surface area contributed by atoms with E-state index in [4.69, 9.17) is 0 Å². The quantitative estimate of drug-likeness (QED) is 0.759. The van der Waals surface area contributed by atoms with Gasteiger partial charge in [-0.2, -0.15) is 0 Å². The van der Waals surface area contributed by atoms with Crippen molar-refractivity contribution in [2.75, 3.05) is 13.1 Å². The van der Waals surface area contributed by atoms with Gasteiger partial charge >= 0.3 is 0 Å². The van der Waals surface area contributed by atoms with Gasteiger partial charge in [0.05, 0.1) is 0 Å². The molecule has 86 valence electrons. The maximum Gasteiger partial charge on any atom is -0.000803 e. The van der Waals surface area contributed by atoms with Crippen LogP contribution >= 0.6 is 0 Å². The SMILES string of the molecule is C/C=C\c1c(C)ccc2c1CCNCCC2. The predicted molar refractivity (Wildman–Crippen MR) is 70.8 cm³/mol. The third kappa shape index (κ3) is 2.35. The number of aryl methyl sites for hydroxylation is 2. The van der Waals surface area contributed by atoms with E-state index in [1.165, 1.54) is 24.0 Å². The number of hydrogen-bond donors (Lipinski definition) is 1. The number of nitrogens with one attached hydrogen (secondary N) is 1. The zero-order valence-electron chi connectivity index (χ0n) is 10.3. The van der Waals surface area contributed by atoms with E-state index in [0.29, 0.717) is 0 Å². The summed E-state index contributed by atoms with van der Waals surface area (Å²) in [4.78, 5) is 0. The van der Waals surface area contributed by atoms with Crippen LogP contribution in [-0.2, 0) is 12.8 Å². The smallest absolute Gasteiger partial charge is 0.000803 e. The third-order valence-electron chi connectivity index (χ3n) is 3.36. The molecule has 0 fully saturated rings. The minimum Gasteiger partial charge on any atom is -0.316 e. The van der Waals surface area contributed by atoms with Crippen LogP contribution in [-0.4, -0.2) is 13.1 Å². The molecule has 0 atom stereocenters. The van der Waals surface area contributed by atoms with Crippen LogP contribution in [0.3, 0.4) is 0 Å². The minimum atomic E-state index is 1.11. The first kappa shape index (κ1) is 11.4. The Morgan fingerprint density at radius 2 is 2.06 bits per heavy atom. The fourth-order valence-corrected chi connectivity index (χ4v) is 2.50. The Morgan fingerprint density at radius 1 is 1.19 bits per heavy atom. The van der Waals surface area contributed by atoms with Crippen LogP contribution in [0.2, 0.25) is 0 Å². The van der Waals surface area contributed by atoms with Gasteiger partial charge in [0.15, 0.2) is 0 Å². The van der Waals surface area contributed by atoms with E-state index < -0.39 is 0 Å². The zero-order chi connectivity index (χ0) is 11.4. The number of allylic oxidation sites excluding steroid dienone is 1. The lowest BCUT2D eigenvalue weighted by Gasteiger charge is -2.18. The van der Waals surface area contributed by atoms with Crippen LogP contribution < -0.4 is 5.32 Å². The molecule has 1 N–H and O–H groups in total. The van der Waals surface area contributed by atoms with E-state index in [0.717, 1.165) is 19.5 Å². The fraction of sp³-hybridized carbons (Fsp3) is 0.467. The lowest BCUT2D eigenvalue weighted by Crippen LogP contribution is -2.22. The van der Waals surface area contributed by atoms with Crippen LogP contribution in [0.15, 0.2) is 18.2 Å². The molecule has 16 heavy (non-hydrogen) atoms. The highest BCUT2D eigenvalue weighted by atomic mass is 14.8. The molecule has 1 heterocycles. The van der Waals surface area contributed by atoms with Gasteiger partial charge in [0.25, 0.3) is 0 Å². The number of hydrogen-bond acceptors (Lipinski definition) is 1. The molecule has 0 aromatic heterocycles. The Balaban J connectivity index is 2.46. The Morgan fingerprint density at radius 3 is 2.88 bits per heavy atom. The molecular formula is C15H21N. The molecular weight excluding hydrogens is 194 g/mol. The number of rotatable bonds is 1. The molecule has 1 heteroatoms. The summed E-state index contributed by atoms with van der Waals surface area (Å²) in [5.74, 6) is 0. The molecule has 0 amide bonds. The van der Waals surface area contributed by atoms with Gasteiger partial charge in [0.2, 0.25) is 0 Å². The summed E-state index contributed by atoms with van der Waals surface area (Å²) >= 11 is 0. The van der Waals surface area contributed by atoms with Crippen LogP contribution in [0.4, 0.5) is 0 Å². The van der Waals surface area contributed by atoms with Crippen molar-refractivity contribution in [1.29, 1.82) is 0 Å². The number of fused-ring (bicyclic) bond motifs is 1. The Kier molecular flexibility index (Phi) is 3.79. The van der Waals surface area contributed by atoms with E-state index in [9.17, 15) is 0 Å². The first-order valence-electron chi connectivity index (χ1n) is 6.27. The molecule has 0 spiro atoms. The summed E-state index contributed by atoms with van der Waals surface area (Å²) in [6.45, 7) is 6.58. The van der Waals surface area contributed by atoms with E-state index in [-0.39, 0.29) is 0 Å². The second kappa shape index (κ2) is 5.31. The highest BCUT2D eigenvalue weighted by Crippen LogP contribution is 2.23. The van der Waals surface area contributed by atoms with Crippen molar-refractivity contribution in [3.63, 3.8) is 0 Å². The van der Waals surface area contributed by atoms with Crippen molar-refractivity contribution in [2.45, 2.75) is 33.1 Å². The highest BCUT2D eigenvalue weighted by Gasteiger charge is 2.10. The van der Waals surface area contributed by atoms with Gasteiger partial charge in [-0.25, -0.2) is 0 Å². The van der Waals surface area contributed by atoms with Crippen molar-refractivity contribution >= 4 is 6.08 Å². The molecule has 1 aliphatic heterocycles. The van der Waals surface area contributed by atoms with Gasteiger partial charge in [-0.1, -0.05) is 24.3 Å². The molecule has 1 nitrogen and oxygen atoms in total. The number of benzene rings is 1. The van der Waals surface area contributed by atoms with Gasteiger partial charge in [-0.3, -0.25) is 0 Å². The van der Waals surface area contributed by atoms with Gasteiger partial charge in [0, 0.05) is 0 Å². The summed E-state index contributed by atoms with van der Waals surface area (Å²) in [5, 5.41) is 3.49. The van der Waals surface area contributed by atoms with Crippen LogP contribution in [0.25, 0.3) is 6.08 Å². The van der Waals surface area contributed by atoms with Crippen molar-refractivity contribution in [3.05, 3.63) is 40.5 Å². The van der Waals surface area contributed by atoms with Crippen molar-refractivity contribution in [2.24, 2.45) is 0 Å². The van der Waals surface area contributed by atoms with Crippen molar-refractivity contribution in [3.8, 4) is 0 Å². The lowest BCUT2D eigenvalue weighted by atomic mass is 9.91. The highest BCUT2D eigenvalue weighted by molar-refractivity contribution is 5.60. The first-order chi connectivity index (χ1) is 7.83. The second-order valence-electron chi connectivity index (χ2n) is 4.54. The summed E-state index contributed by atoms with van der Waals surface area (Å²) < 4.78 is 0. The van der Waals surface area contributed by atoms with Gasteiger partial charge < -0.3 is 5.32 Å². The molecule has 0 radical (unpaired) electrons. The van der Waals surface area contributed by atoms with Crippen molar-refractivity contribution < 1.29 is 0 Å². The predicted octanol–water partition coefficient (Wildman–Crippen LogP) is 3.11. The van der Waals surface area contributed by atoms with E-state index in [1.807, 2.05) is 0 Å². The topological polar surface area (TPSA) is 12.0 Å². The molecule has 0 saturated heterocycles. The van der Waals surface area contributed by atoms with Crippen LogP contribution in [0.1, 0.15) is 35.6 Å². The van der Waals surface area contributed by atoms with E-state index in [1.54, 1.807) is 11.1 Å². The first-order valence-corrected chi connectivity index (χ1v) is 6.27. The minimum absolute atomic E-state index is 1.11. The molecule has 1 aromatic rings. The summed E-state index contributed by atoms with van der Waals surface area (Å²) in [6.07, 6.45) is 8.04. The largest absolute Gasteiger partial charge is 0.316 e.